The second-order valence-corrected chi connectivity index (χ2v) is 5.94. The predicted octanol–water partition coefficient (Wildman–Crippen LogP) is 2.90. The van der Waals surface area contributed by atoms with Crippen LogP contribution in [0, 0.1) is 5.92 Å². The highest BCUT2D eigenvalue weighted by Gasteiger charge is 2.43. The van der Waals surface area contributed by atoms with Crippen molar-refractivity contribution in [2.45, 2.75) is 19.0 Å². The Hall–Kier alpha value is -2.38. The van der Waals surface area contributed by atoms with Crippen LogP contribution in [0.2, 0.25) is 0 Å². The smallest absolute Gasteiger partial charge is 0.338 e. The summed E-state index contributed by atoms with van der Waals surface area (Å²) in [6, 6.07) is 3.49. The molecule has 1 atom stereocenters. The molecule has 0 aromatic carbocycles. The molecule has 0 bridgehead atoms. The Balaban J connectivity index is 1.88. The Morgan fingerprint density at radius 1 is 1.38 bits per heavy atom. The molecule has 3 rings (SSSR count). The summed E-state index contributed by atoms with van der Waals surface area (Å²) in [5.74, 6) is -1.88. The fourth-order valence-electron chi connectivity index (χ4n) is 2.96. The van der Waals surface area contributed by atoms with Crippen LogP contribution in [0.3, 0.4) is 0 Å². The van der Waals surface area contributed by atoms with Crippen molar-refractivity contribution in [1.82, 2.24) is 19.7 Å². The van der Waals surface area contributed by atoms with Crippen LogP contribution in [0.4, 0.5) is 13.2 Å². The summed E-state index contributed by atoms with van der Waals surface area (Å²) < 4.78 is 40.4. The summed E-state index contributed by atoms with van der Waals surface area (Å²) in [6.07, 6.45) is 0.858. The first kappa shape index (κ1) is 16.5. The van der Waals surface area contributed by atoms with Gasteiger partial charge in [0.25, 0.3) is 5.91 Å². The molecule has 2 aromatic rings. The molecule has 1 fully saturated rings. The molecule has 8 heteroatoms. The van der Waals surface area contributed by atoms with Crippen molar-refractivity contribution in [2.75, 3.05) is 13.1 Å². The zero-order valence-corrected chi connectivity index (χ0v) is 13.1. The second-order valence-electron chi connectivity index (χ2n) is 5.94. The normalized spacial score (nSPS) is 18.7. The molecule has 0 saturated carbocycles. The number of carbonyl (C=O) groups is 1. The molecule has 1 aliphatic heterocycles. The maximum atomic E-state index is 13.0. The van der Waals surface area contributed by atoms with Crippen molar-refractivity contribution in [3.05, 3.63) is 36.3 Å². The number of alkyl halides is 3. The Labute approximate surface area is 137 Å². The van der Waals surface area contributed by atoms with E-state index in [0.717, 1.165) is 0 Å². The number of aryl methyl sites for hydroxylation is 1. The van der Waals surface area contributed by atoms with Gasteiger partial charge in [0, 0.05) is 44.3 Å². The van der Waals surface area contributed by atoms with Gasteiger partial charge >= 0.3 is 6.18 Å². The van der Waals surface area contributed by atoms with Gasteiger partial charge < -0.3 is 4.90 Å². The summed E-state index contributed by atoms with van der Waals surface area (Å²) in [5, 5.41) is 4.27. The Morgan fingerprint density at radius 3 is 2.83 bits per heavy atom. The third kappa shape index (κ3) is 3.27. The van der Waals surface area contributed by atoms with E-state index in [1.807, 2.05) is 0 Å². The first-order chi connectivity index (χ1) is 11.4. The third-order valence-corrected chi connectivity index (χ3v) is 4.17. The largest absolute Gasteiger partial charge is 0.393 e. The minimum Gasteiger partial charge on any atom is -0.338 e. The van der Waals surface area contributed by atoms with Gasteiger partial charge in [0.1, 0.15) is 5.69 Å². The van der Waals surface area contributed by atoms with E-state index in [-0.39, 0.29) is 13.0 Å². The van der Waals surface area contributed by atoms with Gasteiger partial charge in [-0.1, -0.05) is 0 Å². The molecular weight excluding hydrogens is 321 g/mol. The lowest BCUT2D eigenvalue weighted by Crippen LogP contribution is -2.44. The zero-order valence-electron chi connectivity index (χ0n) is 13.1. The summed E-state index contributed by atoms with van der Waals surface area (Å²) >= 11 is 0. The van der Waals surface area contributed by atoms with Crippen LogP contribution in [-0.4, -0.2) is 44.8 Å². The van der Waals surface area contributed by atoms with Crippen LogP contribution in [0.15, 0.2) is 30.7 Å². The number of hydrogen-bond acceptors (Lipinski definition) is 3. The first-order valence-corrected chi connectivity index (χ1v) is 7.66. The summed E-state index contributed by atoms with van der Waals surface area (Å²) in [4.78, 5) is 18.0. The lowest BCUT2D eigenvalue weighted by molar-refractivity contribution is -0.184. The number of likely N-dealkylation sites (tertiary alicyclic amines) is 1. The van der Waals surface area contributed by atoms with Gasteiger partial charge in [-0.05, 0) is 25.0 Å². The average molecular weight is 338 g/mol. The maximum absolute atomic E-state index is 13.0. The molecule has 24 heavy (non-hydrogen) atoms. The Bertz CT molecular complexity index is 727. The quantitative estimate of drug-likeness (QED) is 0.846. The number of pyridine rings is 1. The summed E-state index contributed by atoms with van der Waals surface area (Å²) in [5.41, 5.74) is 1.39. The minimum atomic E-state index is -4.28. The van der Waals surface area contributed by atoms with E-state index in [1.54, 1.807) is 37.8 Å². The van der Waals surface area contributed by atoms with E-state index >= 15 is 0 Å². The van der Waals surface area contributed by atoms with Crippen LogP contribution in [0.1, 0.15) is 23.2 Å². The lowest BCUT2D eigenvalue weighted by atomic mass is 9.96. The third-order valence-electron chi connectivity index (χ3n) is 4.17. The summed E-state index contributed by atoms with van der Waals surface area (Å²) in [7, 11) is 1.67. The van der Waals surface area contributed by atoms with Crippen LogP contribution in [0.25, 0.3) is 11.3 Å². The van der Waals surface area contributed by atoms with Gasteiger partial charge in [-0.15, -0.1) is 0 Å². The zero-order chi connectivity index (χ0) is 17.3. The Morgan fingerprint density at radius 2 is 2.17 bits per heavy atom. The fourth-order valence-corrected chi connectivity index (χ4v) is 2.96. The monoisotopic (exact) mass is 338 g/mol. The number of nitrogens with zero attached hydrogens (tertiary/aromatic N) is 4. The molecule has 0 N–H and O–H groups in total. The van der Waals surface area contributed by atoms with Gasteiger partial charge in [0.15, 0.2) is 0 Å². The first-order valence-electron chi connectivity index (χ1n) is 7.66. The van der Waals surface area contributed by atoms with Crippen LogP contribution in [-0.2, 0) is 7.05 Å². The van der Waals surface area contributed by atoms with Crippen LogP contribution >= 0.6 is 0 Å². The van der Waals surface area contributed by atoms with E-state index < -0.39 is 18.0 Å². The standard InChI is InChI=1S/C16H17F3N4O/c1-22-10-13(14(21-22)11-4-2-6-20-8-11)15(24)23-7-3-5-12(9-23)16(17,18)19/h2,4,6,8,10,12H,3,5,7,9H2,1H3. The van der Waals surface area contributed by atoms with Gasteiger partial charge in [-0.3, -0.25) is 14.5 Å². The number of carbonyl (C=O) groups excluding carboxylic acids is 1. The van der Waals surface area contributed by atoms with Crippen LogP contribution in [0.5, 0.6) is 0 Å². The number of piperidine rings is 1. The molecule has 1 unspecified atom stereocenters. The number of amides is 1. The highest BCUT2D eigenvalue weighted by molar-refractivity contribution is 5.99. The second kappa shape index (κ2) is 6.26. The molecule has 1 aliphatic rings. The van der Waals surface area contributed by atoms with Gasteiger partial charge in [-0.25, -0.2) is 0 Å². The lowest BCUT2D eigenvalue weighted by Gasteiger charge is -2.33. The van der Waals surface area contributed by atoms with Crippen molar-refractivity contribution in [3.8, 4) is 11.3 Å². The molecule has 0 radical (unpaired) electrons. The van der Waals surface area contributed by atoms with Gasteiger partial charge in [0.2, 0.25) is 0 Å². The Kier molecular flexibility index (Phi) is 4.29. The number of aromatic nitrogens is 3. The summed E-state index contributed by atoms with van der Waals surface area (Å²) in [6.45, 7) is 0.0243. The van der Waals surface area contributed by atoms with Gasteiger partial charge in [-0.2, -0.15) is 18.3 Å². The predicted molar refractivity (Wildman–Crippen MR) is 81.1 cm³/mol. The van der Waals surface area contributed by atoms with E-state index in [9.17, 15) is 18.0 Å². The highest BCUT2D eigenvalue weighted by Crippen LogP contribution is 2.34. The molecular formula is C16H17F3N4O. The molecule has 3 heterocycles. The van der Waals surface area contributed by atoms with E-state index in [4.69, 9.17) is 0 Å². The molecule has 5 nitrogen and oxygen atoms in total. The van der Waals surface area contributed by atoms with E-state index in [2.05, 4.69) is 10.1 Å². The van der Waals surface area contributed by atoms with E-state index in [1.165, 1.54) is 9.58 Å². The van der Waals surface area contributed by atoms with Crippen molar-refractivity contribution >= 4 is 5.91 Å². The minimum absolute atomic E-state index is 0.0653. The van der Waals surface area contributed by atoms with Crippen molar-refractivity contribution in [2.24, 2.45) is 13.0 Å². The van der Waals surface area contributed by atoms with Crippen molar-refractivity contribution in [3.63, 3.8) is 0 Å². The molecule has 0 aliphatic carbocycles. The van der Waals surface area contributed by atoms with Crippen LogP contribution < -0.4 is 0 Å². The molecule has 2 aromatic heterocycles. The number of rotatable bonds is 2. The number of hydrogen-bond donors (Lipinski definition) is 0. The average Bonchev–Trinajstić information content (AvgIpc) is 2.96. The fraction of sp³-hybridized carbons (Fsp3) is 0.438. The molecule has 128 valence electrons. The molecule has 1 amide bonds. The van der Waals surface area contributed by atoms with Crippen molar-refractivity contribution in [1.29, 1.82) is 0 Å². The number of halogens is 3. The van der Waals surface area contributed by atoms with Crippen molar-refractivity contribution < 1.29 is 18.0 Å². The maximum Gasteiger partial charge on any atom is 0.393 e. The molecule has 1 saturated heterocycles. The van der Waals surface area contributed by atoms with Gasteiger partial charge in [0.05, 0.1) is 11.5 Å². The van der Waals surface area contributed by atoms with E-state index in [0.29, 0.717) is 29.8 Å². The topological polar surface area (TPSA) is 51.0 Å². The molecule has 0 spiro atoms. The SMILES string of the molecule is Cn1cc(C(=O)N2CCCC(C(F)(F)F)C2)c(-c2cccnc2)n1. The highest BCUT2D eigenvalue weighted by atomic mass is 19.4.